The van der Waals surface area contributed by atoms with Crippen molar-refractivity contribution in [1.29, 1.82) is 0 Å². The highest BCUT2D eigenvalue weighted by atomic mass is 16.2. The number of nitrogens with one attached hydrogen (secondary N) is 2. The van der Waals surface area contributed by atoms with E-state index in [9.17, 15) is 9.59 Å². The predicted octanol–water partition coefficient (Wildman–Crippen LogP) is 2.15. The van der Waals surface area contributed by atoms with Gasteiger partial charge in [-0.05, 0) is 12.5 Å². The SMILES string of the molecule is CC.Cc1[nH]c(=O)[nH]c(=O)c1N=Cc1ccccc1. The van der Waals surface area contributed by atoms with Gasteiger partial charge < -0.3 is 4.98 Å². The molecule has 100 valence electrons. The van der Waals surface area contributed by atoms with Gasteiger partial charge in [0.2, 0.25) is 0 Å². The zero-order chi connectivity index (χ0) is 14.3. The normalized spacial score (nSPS) is 10.1. The molecule has 0 unspecified atom stereocenters. The van der Waals surface area contributed by atoms with E-state index in [4.69, 9.17) is 0 Å². The molecule has 0 aliphatic heterocycles. The van der Waals surface area contributed by atoms with Crippen molar-refractivity contribution >= 4 is 11.9 Å². The van der Waals surface area contributed by atoms with Crippen LogP contribution in [0.4, 0.5) is 5.69 Å². The first-order chi connectivity index (χ1) is 9.16. The molecule has 0 radical (unpaired) electrons. The molecule has 2 N–H and O–H groups in total. The van der Waals surface area contributed by atoms with Crippen LogP contribution in [0.2, 0.25) is 0 Å². The molecule has 0 amide bonds. The van der Waals surface area contributed by atoms with Gasteiger partial charge in [0, 0.05) is 11.9 Å². The molecule has 19 heavy (non-hydrogen) atoms. The summed E-state index contributed by atoms with van der Waals surface area (Å²) >= 11 is 0. The molecule has 0 fully saturated rings. The van der Waals surface area contributed by atoms with Gasteiger partial charge in [0.25, 0.3) is 5.56 Å². The Hall–Kier alpha value is -2.43. The van der Waals surface area contributed by atoms with Crippen LogP contribution in [-0.2, 0) is 0 Å². The average Bonchev–Trinajstić information content (AvgIpc) is 2.41. The van der Waals surface area contributed by atoms with E-state index in [1.54, 1.807) is 13.1 Å². The highest BCUT2D eigenvalue weighted by Crippen LogP contribution is 2.07. The number of hydrogen-bond acceptors (Lipinski definition) is 3. The molecule has 0 aliphatic carbocycles. The Morgan fingerprint density at radius 1 is 1.05 bits per heavy atom. The van der Waals surface area contributed by atoms with Crippen molar-refractivity contribution in [2.24, 2.45) is 4.99 Å². The third-order valence-electron chi connectivity index (χ3n) is 2.24. The van der Waals surface area contributed by atoms with Crippen LogP contribution in [-0.4, -0.2) is 16.2 Å². The molecule has 5 nitrogen and oxygen atoms in total. The van der Waals surface area contributed by atoms with Crippen molar-refractivity contribution in [1.82, 2.24) is 9.97 Å². The lowest BCUT2D eigenvalue weighted by Crippen LogP contribution is -2.22. The Kier molecular flexibility index (Phi) is 5.47. The summed E-state index contributed by atoms with van der Waals surface area (Å²) < 4.78 is 0. The number of H-pyrrole nitrogens is 2. The third kappa shape index (κ3) is 4.06. The zero-order valence-corrected chi connectivity index (χ0v) is 11.2. The maximum Gasteiger partial charge on any atom is 0.326 e. The van der Waals surface area contributed by atoms with E-state index in [1.165, 1.54) is 0 Å². The van der Waals surface area contributed by atoms with Crippen molar-refractivity contribution in [2.45, 2.75) is 20.8 Å². The lowest BCUT2D eigenvalue weighted by molar-refractivity contribution is 0.992. The summed E-state index contributed by atoms with van der Waals surface area (Å²) in [6, 6.07) is 9.41. The van der Waals surface area contributed by atoms with Crippen LogP contribution in [0.1, 0.15) is 25.1 Å². The lowest BCUT2D eigenvalue weighted by atomic mass is 10.2. The standard InChI is InChI=1S/C12H11N3O2.C2H6/c1-8-10(11(16)15-12(17)14-8)13-7-9-5-3-2-4-6-9;1-2/h2-7H,1H3,(H2,14,15,16,17);1-2H3. The number of hydrogen-bond donors (Lipinski definition) is 2. The molecule has 0 saturated heterocycles. The summed E-state index contributed by atoms with van der Waals surface area (Å²) in [6.45, 7) is 5.63. The minimum atomic E-state index is -0.522. The smallest absolute Gasteiger partial charge is 0.309 e. The summed E-state index contributed by atoms with van der Waals surface area (Å²) in [4.78, 5) is 31.2. The quantitative estimate of drug-likeness (QED) is 0.810. The van der Waals surface area contributed by atoms with Crippen LogP contribution >= 0.6 is 0 Å². The number of nitrogens with zero attached hydrogens (tertiary/aromatic N) is 1. The van der Waals surface area contributed by atoms with Crippen LogP contribution in [0.3, 0.4) is 0 Å². The second kappa shape index (κ2) is 7.10. The van der Waals surface area contributed by atoms with E-state index >= 15 is 0 Å². The fraction of sp³-hybridized carbons (Fsp3) is 0.214. The van der Waals surface area contributed by atoms with Gasteiger partial charge in [-0.25, -0.2) is 9.79 Å². The molecule has 1 aromatic carbocycles. The van der Waals surface area contributed by atoms with E-state index in [0.717, 1.165) is 5.56 Å². The van der Waals surface area contributed by atoms with E-state index in [0.29, 0.717) is 5.69 Å². The van der Waals surface area contributed by atoms with Crippen LogP contribution in [0.5, 0.6) is 0 Å². The molecule has 0 bridgehead atoms. The Morgan fingerprint density at radius 2 is 1.68 bits per heavy atom. The molecule has 1 heterocycles. The van der Waals surface area contributed by atoms with E-state index < -0.39 is 11.2 Å². The maximum atomic E-state index is 11.5. The van der Waals surface area contributed by atoms with Crippen molar-refractivity contribution in [3.8, 4) is 0 Å². The minimum Gasteiger partial charge on any atom is -0.309 e. The molecule has 0 atom stereocenters. The summed E-state index contributed by atoms with van der Waals surface area (Å²) in [7, 11) is 0. The van der Waals surface area contributed by atoms with E-state index in [-0.39, 0.29) is 5.69 Å². The number of aromatic nitrogens is 2. The zero-order valence-electron chi connectivity index (χ0n) is 11.2. The molecule has 0 saturated carbocycles. The molecule has 0 spiro atoms. The first kappa shape index (κ1) is 14.6. The van der Waals surface area contributed by atoms with Gasteiger partial charge >= 0.3 is 5.69 Å². The Morgan fingerprint density at radius 3 is 2.26 bits per heavy atom. The predicted molar refractivity (Wildman–Crippen MR) is 77.5 cm³/mol. The average molecular weight is 259 g/mol. The number of benzene rings is 1. The molecular formula is C14H17N3O2. The fourth-order valence-corrected chi connectivity index (χ4v) is 1.43. The van der Waals surface area contributed by atoms with Crippen molar-refractivity contribution in [3.05, 3.63) is 62.4 Å². The maximum absolute atomic E-state index is 11.5. The molecular weight excluding hydrogens is 242 g/mol. The third-order valence-corrected chi connectivity index (χ3v) is 2.24. The molecule has 2 rings (SSSR count). The van der Waals surface area contributed by atoms with Gasteiger partial charge in [-0.2, -0.15) is 0 Å². The number of aryl methyl sites for hydroxylation is 1. The largest absolute Gasteiger partial charge is 0.326 e. The molecule has 1 aromatic heterocycles. The first-order valence-electron chi connectivity index (χ1n) is 6.09. The number of rotatable bonds is 2. The highest BCUT2D eigenvalue weighted by Gasteiger charge is 2.02. The van der Waals surface area contributed by atoms with Crippen LogP contribution in [0.25, 0.3) is 0 Å². The summed E-state index contributed by atoms with van der Waals surface area (Å²) in [5, 5.41) is 0. The Balaban J connectivity index is 0.000000861. The second-order valence-electron chi connectivity index (χ2n) is 3.55. The van der Waals surface area contributed by atoms with Crippen LogP contribution < -0.4 is 11.2 Å². The van der Waals surface area contributed by atoms with Gasteiger partial charge in [-0.15, -0.1) is 0 Å². The van der Waals surface area contributed by atoms with Crippen molar-refractivity contribution in [3.63, 3.8) is 0 Å². The van der Waals surface area contributed by atoms with Gasteiger partial charge in [0.1, 0.15) is 5.69 Å². The molecule has 0 aliphatic rings. The highest BCUT2D eigenvalue weighted by molar-refractivity contribution is 5.81. The lowest BCUT2D eigenvalue weighted by Gasteiger charge is -1.97. The summed E-state index contributed by atoms with van der Waals surface area (Å²) in [5.74, 6) is 0. The molecule has 5 heteroatoms. The van der Waals surface area contributed by atoms with E-state index in [1.807, 2.05) is 44.2 Å². The summed E-state index contributed by atoms with van der Waals surface area (Å²) in [5.41, 5.74) is 0.543. The van der Waals surface area contributed by atoms with Gasteiger partial charge in [-0.3, -0.25) is 9.78 Å². The number of aromatic amines is 2. The number of aliphatic imine (C=N–C) groups is 1. The van der Waals surface area contributed by atoms with Crippen LogP contribution in [0.15, 0.2) is 44.9 Å². The van der Waals surface area contributed by atoms with Crippen molar-refractivity contribution < 1.29 is 0 Å². The topological polar surface area (TPSA) is 78.1 Å². The van der Waals surface area contributed by atoms with Gasteiger partial charge in [-0.1, -0.05) is 44.2 Å². The van der Waals surface area contributed by atoms with Gasteiger partial charge in [0.05, 0.1) is 0 Å². The second-order valence-corrected chi connectivity index (χ2v) is 3.55. The van der Waals surface area contributed by atoms with Crippen LogP contribution in [0, 0.1) is 6.92 Å². The first-order valence-corrected chi connectivity index (χ1v) is 6.09. The monoisotopic (exact) mass is 259 g/mol. The van der Waals surface area contributed by atoms with Gasteiger partial charge in [0.15, 0.2) is 0 Å². The van der Waals surface area contributed by atoms with Crippen molar-refractivity contribution in [2.75, 3.05) is 0 Å². The van der Waals surface area contributed by atoms with E-state index in [2.05, 4.69) is 15.0 Å². The Labute approximate surface area is 111 Å². The summed E-state index contributed by atoms with van der Waals surface area (Å²) in [6.07, 6.45) is 1.58. The molecule has 2 aromatic rings. The Bertz CT molecular complexity index is 654. The fourth-order valence-electron chi connectivity index (χ4n) is 1.43. The minimum absolute atomic E-state index is 0.216.